The number of rotatable bonds is 6. The van der Waals surface area contributed by atoms with E-state index in [1.807, 2.05) is 0 Å². The van der Waals surface area contributed by atoms with Crippen LogP contribution >= 0.6 is 0 Å². The fraction of sp³-hybridized carbons (Fsp3) is 0.100. The molecule has 0 saturated carbocycles. The highest BCUT2D eigenvalue weighted by molar-refractivity contribution is 6.06. The summed E-state index contributed by atoms with van der Waals surface area (Å²) in [5.74, 6) is -1.45. The number of amides is 2. The van der Waals surface area contributed by atoms with Gasteiger partial charge in [0.25, 0.3) is 11.8 Å². The van der Waals surface area contributed by atoms with E-state index in [9.17, 15) is 29.4 Å². The van der Waals surface area contributed by atoms with Crippen molar-refractivity contribution in [3.8, 4) is 12.3 Å². The highest BCUT2D eigenvalue weighted by atomic mass is 16.4. The maximum Gasteiger partial charge on any atom is 0.336 e. The van der Waals surface area contributed by atoms with Gasteiger partial charge in [-0.25, -0.2) is 9.59 Å². The summed E-state index contributed by atoms with van der Waals surface area (Å²) in [7, 11) is 1.37. The molecule has 0 aliphatic rings. The maximum atomic E-state index is 12.4. The molecule has 142 valence electrons. The lowest BCUT2D eigenvalue weighted by atomic mass is 10.0. The summed E-state index contributed by atoms with van der Waals surface area (Å²) in [6.45, 7) is -0.0535. The molecule has 0 aliphatic carbocycles. The smallest absolute Gasteiger partial charge is 0.336 e. The molecule has 2 aromatic rings. The van der Waals surface area contributed by atoms with Gasteiger partial charge in [-0.05, 0) is 35.9 Å². The van der Waals surface area contributed by atoms with Crippen molar-refractivity contribution in [2.45, 2.75) is 6.54 Å². The standard InChI is InChI=1S/C20H16N2O6/c1-3-11-4-6-14(20(27)28)16(8-11)18(24)22-10-12-5-7-13(19(25)26)15(9-12)17(23)21-2/h1,4-9H,10H2,2H3,(H,21,23)(H,22,24)(H,25,26)(H,27,28). The van der Waals surface area contributed by atoms with Crippen LogP contribution in [0.1, 0.15) is 52.6 Å². The minimum atomic E-state index is -1.28. The van der Waals surface area contributed by atoms with Crippen LogP contribution in [0.25, 0.3) is 0 Å². The van der Waals surface area contributed by atoms with E-state index in [0.717, 1.165) is 0 Å². The molecular weight excluding hydrogens is 364 g/mol. The summed E-state index contributed by atoms with van der Waals surface area (Å²) in [6, 6.07) is 8.02. The third kappa shape index (κ3) is 4.34. The molecule has 28 heavy (non-hydrogen) atoms. The predicted molar refractivity (Wildman–Crippen MR) is 99.3 cm³/mol. The fourth-order valence-corrected chi connectivity index (χ4v) is 2.50. The largest absolute Gasteiger partial charge is 0.478 e. The fourth-order valence-electron chi connectivity index (χ4n) is 2.50. The first-order chi connectivity index (χ1) is 13.3. The minimum Gasteiger partial charge on any atom is -0.478 e. The lowest BCUT2D eigenvalue weighted by Gasteiger charge is -2.11. The number of hydrogen-bond acceptors (Lipinski definition) is 4. The molecule has 8 nitrogen and oxygen atoms in total. The van der Waals surface area contributed by atoms with Gasteiger partial charge in [-0.1, -0.05) is 12.0 Å². The van der Waals surface area contributed by atoms with Crippen LogP contribution in [0.5, 0.6) is 0 Å². The summed E-state index contributed by atoms with van der Waals surface area (Å²) in [4.78, 5) is 46.9. The third-order valence-electron chi connectivity index (χ3n) is 3.90. The van der Waals surface area contributed by atoms with Gasteiger partial charge in [0.05, 0.1) is 22.3 Å². The Morgan fingerprint density at radius 3 is 2.00 bits per heavy atom. The second-order valence-corrected chi connectivity index (χ2v) is 5.66. The van der Waals surface area contributed by atoms with Crippen molar-refractivity contribution >= 4 is 23.8 Å². The lowest BCUT2D eigenvalue weighted by Crippen LogP contribution is -2.26. The number of benzene rings is 2. The van der Waals surface area contributed by atoms with E-state index in [1.165, 1.54) is 43.4 Å². The summed E-state index contributed by atoms with van der Waals surface area (Å²) in [5, 5.41) is 23.3. The van der Waals surface area contributed by atoms with Crippen LogP contribution in [-0.4, -0.2) is 41.0 Å². The first-order valence-corrected chi connectivity index (χ1v) is 7.99. The third-order valence-corrected chi connectivity index (χ3v) is 3.90. The van der Waals surface area contributed by atoms with Gasteiger partial charge in [-0.15, -0.1) is 6.42 Å². The zero-order chi connectivity index (χ0) is 20.8. The Kier molecular flexibility index (Phi) is 6.14. The number of carboxylic acids is 2. The zero-order valence-electron chi connectivity index (χ0n) is 14.8. The minimum absolute atomic E-state index is 0.0534. The van der Waals surface area contributed by atoms with E-state index in [-0.39, 0.29) is 28.8 Å². The molecule has 0 atom stereocenters. The zero-order valence-corrected chi connectivity index (χ0v) is 14.8. The number of nitrogens with one attached hydrogen (secondary N) is 2. The van der Waals surface area contributed by atoms with Crippen LogP contribution in [0.15, 0.2) is 36.4 Å². The Morgan fingerprint density at radius 1 is 0.893 bits per heavy atom. The van der Waals surface area contributed by atoms with Gasteiger partial charge in [0, 0.05) is 19.2 Å². The second-order valence-electron chi connectivity index (χ2n) is 5.66. The number of carboxylic acid groups (broad SMARTS) is 2. The van der Waals surface area contributed by atoms with Crippen LogP contribution in [0.2, 0.25) is 0 Å². The molecule has 0 heterocycles. The van der Waals surface area contributed by atoms with E-state index < -0.39 is 23.8 Å². The van der Waals surface area contributed by atoms with E-state index >= 15 is 0 Å². The molecular formula is C20H16N2O6. The predicted octanol–water partition coefficient (Wildman–Crippen LogP) is 1.35. The van der Waals surface area contributed by atoms with Crippen LogP contribution in [0.3, 0.4) is 0 Å². The average molecular weight is 380 g/mol. The van der Waals surface area contributed by atoms with Gasteiger partial charge in [0.15, 0.2) is 0 Å². The number of carbonyl (C=O) groups is 4. The van der Waals surface area contributed by atoms with Gasteiger partial charge in [-0.3, -0.25) is 9.59 Å². The molecule has 0 saturated heterocycles. The molecule has 2 aromatic carbocycles. The molecule has 4 N–H and O–H groups in total. The molecule has 0 aliphatic heterocycles. The lowest BCUT2D eigenvalue weighted by molar-refractivity contribution is 0.0683. The Bertz CT molecular complexity index is 1020. The molecule has 2 rings (SSSR count). The van der Waals surface area contributed by atoms with Crippen LogP contribution in [0.4, 0.5) is 0 Å². The number of aromatic carboxylic acids is 2. The molecule has 0 radical (unpaired) electrons. The summed E-state index contributed by atoms with van der Waals surface area (Å²) in [5.41, 5.74) is 0.275. The molecule has 0 fully saturated rings. The van der Waals surface area contributed by atoms with Crippen molar-refractivity contribution in [2.24, 2.45) is 0 Å². The van der Waals surface area contributed by atoms with Crippen LogP contribution in [0, 0.1) is 12.3 Å². The molecule has 0 aromatic heterocycles. The molecule has 0 spiro atoms. The van der Waals surface area contributed by atoms with Crippen molar-refractivity contribution in [1.82, 2.24) is 10.6 Å². The van der Waals surface area contributed by atoms with Crippen LogP contribution in [-0.2, 0) is 6.54 Å². The van der Waals surface area contributed by atoms with E-state index in [0.29, 0.717) is 11.1 Å². The average Bonchev–Trinajstić information content (AvgIpc) is 2.70. The van der Waals surface area contributed by atoms with Gasteiger partial charge < -0.3 is 20.8 Å². The van der Waals surface area contributed by atoms with E-state index in [4.69, 9.17) is 6.42 Å². The van der Waals surface area contributed by atoms with E-state index in [1.54, 1.807) is 0 Å². The normalized spacial score (nSPS) is 9.86. The number of terminal acetylenes is 1. The van der Waals surface area contributed by atoms with Crippen molar-refractivity contribution in [3.05, 3.63) is 69.8 Å². The van der Waals surface area contributed by atoms with Crippen LogP contribution < -0.4 is 10.6 Å². The van der Waals surface area contributed by atoms with Gasteiger partial charge in [-0.2, -0.15) is 0 Å². The number of carbonyl (C=O) groups excluding carboxylic acids is 2. The second kappa shape index (κ2) is 8.51. The SMILES string of the molecule is C#Cc1ccc(C(=O)O)c(C(=O)NCc2ccc(C(=O)O)c(C(=O)NC)c2)c1. The van der Waals surface area contributed by atoms with Crippen molar-refractivity contribution < 1.29 is 29.4 Å². The van der Waals surface area contributed by atoms with Gasteiger partial charge in [0.2, 0.25) is 0 Å². The summed E-state index contributed by atoms with van der Waals surface area (Å²) in [6.07, 6.45) is 5.29. The highest BCUT2D eigenvalue weighted by Gasteiger charge is 2.19. The Morgan fingerprint density at radius 2 is 1.46 bits per heavy atom. The number of hydrogen-bond donors (Lipinski definition) is 4. The maximum absolute atomic E-state index is 12.4. The van der Waals surface area contributed by atoms with Gasteiger partial charge >= 0.3 is 11.9 Å². The van der Waals surface area contributed by atoms with Crippen molar-refractivity contribution in [1.29, 1.82) is 0 Å². The Balaban J connectivity index is 2.28. The Labute approximate surface area is 160 Å². The topological polar surface area (TPSA) is 133 Å². The monoisotopic (exact) mass is 380 g/mol. The molecule has 8 heteroatoms. The summed E-state index contributed by atoms with van der Waals surface area (Å²) < 4.78 is 0. The highest BCUT2D eigenvalue weighted by Crippen LogP contribution is 2.15. The summed E-state index contributed by atoms with van der Waals surface area (Å²) >= 11 is 0. The first-order valence-electron chi connectivity index (χ1n) is 7.99. The van der Waals surface area contributed by atoms with Gasteiger partial charge in [0.1, 0.15) is 0 Å². The molecule has 0 bridgehead atoms. The van der Waals surface area contributed by atoms with Crippen molar-refractivity contribution in [3.63, 3.8) is 0 Å². The molecule has 2 amide bonds. The first kappa shape index (κ1) is 20.2. The Hall–Kier alpha value is -4.12. The molecule has 0 unspecified atom stereocenters. The quantitative estimate of drug-likeness (QED) is 0.559. The van der Waals surface area contributed by atoms with E-state index in [2.05, 4.69) is 16.6 Å². The van der Waals surface area contributed by atoms with Crippen molar-refractivity contribution in [2.75, 3.05) is 7.05 Å².